The van der Waals surface area contributed by atoms with Crippen molar-refractivity contribution in [1.29, 1.82) is 0 Å². The van der Waals surface area contributed by atoms with Gasteiger partial charge < -0.3 is 10.1 Å². The molecule has 0 amide bonds. The van der Waals surface area contributed by atoms with Gasteiger partial charge in [0.15, 0.2) is 11.6 Å². The summed E-state index contributed by atoms with van der Waals surface area (Å²) in [6.07, 6.45) is 1.72. The molecule has 0 atom stereocenters. The third-order valence-corrected chi connectivity index (χ3v) is 3.50. The number of ether oxygens (including phenoxy) is 1. The lowest BCUT2D eigenvalue weighted by molar-refractivity contribution is 0.324. The van der Waals surface area contributed by atoms with Crippen molar-refractivity contribution in [3.63, 3.8) is 0 Å². The molecule has 0 spiro atoms. The second kappa shape index (κ2) is 4.94. The summed E-state index contributed by atoms with van der Waals surface area (Å²) < 4.78 is 7.79. The van der Waals surface area contributed by atoms with E-state index in [-0.39, 0.29) is 0 Å². The van der Waals surface area contributed by atoms with Gasteiger partial charge in [-0.25, -0.2) is 0 Å². The second-order valence-corrected chi connectivity index (χ2v) is 4.82. The van der Waals surface area contributed by atoms with Crippen LogP contribution in [-0.2, 0) is 0 Å². The molecule has 1 aliphatic rings. The third-order valence-electron chi connectivity index (χ3n) is 3.50. The van der Waals surface area contributed by atoms with Crippen LogP contribution < -0.4 is 10.1 Å². The van der Waals surface area contributed by atoms with Crippen LogP contribution in [0.15, 0.2) is 54.9 Å². The van der Waals surface area contributed by atoms with E-state index >= 15 is 0 Å². The lowest BCUT2D eigenvalue weighted by Gasteiger charge is -2.21. The van der Waals surface area contributed by atoms with Gasteiger partial charge in [0.2, 0.25) is 0 Å². The van der Waals surface area contributed by atoms with Crippen LogP contribution in [-0.4, -0.2) is 27.9 Å². The van der Waals surface area contributed by atoms with Crippen molar-refractivity contribution >= 4 is 5.69 Å². The number of rotatable bonds is 2. The highest BCUT2D eigenvalue weighted by Gasteiger charge is 2.19. The molecule has 0 bridgehead atoms. The Balaban J connectivity index is 1.88. The average Bonchev–Trinajstić information content (AvgIpc) is 3.04. The molecule has 104 valence electrons. The molecule has 5 nitrogen and oxygen atoms in total. The Morgan fingerprint density at radius 1 is 1.05 bits per heavy atom. The fourth-order valence-electron chi connectivity index (χ4n) is 2.54. The minimum atomic E-state index is 0.656. The Bertz CT molecular complexity index is 767. The summed E-state index contributed by atoms with van der Waals surface area (Å²) in [6, 6.07) is 16.1. The van der Waals surface area contributed by atoms with Crippen LogP contribution in [0.25, 0.3) is 17.1 Å². The summed E-state index contributed by atoms with van der Waals surface area (Å²) in [5.74, 6) is 1.62. The fourth-order valence-corrected chi connectivity index (χ4v) is 2.54. The summed E-state index contributed by atoms with van der Waals surface area (Å²) in [7, 11) is 0. The molecule has 0 fully saturated rings. The monoisotopic (exact) mass is 278 g/mol. The summed E-state index contributed by atoms with van der Waals surface area (Å²) in [5, 5.41) is 11.7. The highest BCUT2D eigenvalue weighted by Crippen LogP contribution is 2.37. The molecular weight excluding hydrogens is 264 g/mol. The van der Waals surface area contributed by atoms with E-state index in [1.807, 2.05) is 53.1 Å². The molecule has 1 N–H and O–H groups in total. The van der Waals surface area contributed by atoms with Gasteiger partial charge in [0.05, 0.1) is 11.3 Å². The van der Waals surface area contributed by atoms with Crippen LogP contribution in [0.4, 0.5) is 5.69 Å². The molecule has 5 heteroatoms. The topological polar surface area (TPSA) is 52.0 Å². The highest BCUT2D eigenvalue weighted by atomic mass is 16.5. The SMILES string of the molecule is c1ccc(-n2cnnc2-c2cccc3c2OCCN3)cc1. The number of hydrogen-bond acceptors (Lipinski definition) is 4. The van der Waals surface area contributed by atoms with E-state index in [1.54, 1.807) is 6.33 Å². The summed E-state index contributed by atoms with van der Waals surface area (Å²) >= 11 is 0. The molecule has 2 heterocycles. The predicted molar refractivity (Wildman–Crippen MR) is 80.8 cm³/mol. The second-order valence-electron chi connectivity index (χ2n) is 4.82. The van der Waals surface area contributed by atoms with Crippen LogP contribution in [0.1, 0.15) is 0 Å². The van der Waals surface area contributed by atoms with Crippen LogP contribution in [0, 0.1) is 0 Å². The number of aromatic nitrogens is 3. The van der Waals surface area contributed by atoms with E-state index in [0.29, 0.717) is 6.61 Å². The van der Waals surface area contributed by atoms with Gasteiger partial charge in [-0.3, -0.25) is 4.57 Å². The van der Waals surface area contributed by atoms with Crippen LogP contribution in [0.2, 0.25) is 0 Å². The maximum atomic E-state index is 5.83. The molecule has 1 aromatic heterocycles. The largest absolute Gasteiger partial charge is 0.489 e. The summed E-state index contributed by atoms with van der Waals surface area (Å²) in [5.41, 5.74) is 2.97. The van der Waals surface area contributed by atoms with Crippen LogP contribution >= 0.6 is 0 Å². The third kappa shape index (κ3) is 2.03. The molecule has 2 aromatic carbocycles. The first-order chi connectivity index (χ1) is 10.4. The predicted octanol–water partition coefficient (Wildman–Crippen LogP) is 2.74. The van der Waals surface area contributed by atoms with Crippen molar-refractivity contribution < 1.29 is 4.74 Å². The van der Waals surface area contributed by atoms with E-state index in [2.05, 4.69) is 15.5 Å². The zero-order chi connectivity index (χ0) is 14.1. The maximum Gasteiger partial charge on any atom is 0.172 e. The maximum absolute atomic E-state index is 5.83. The van der Waals surface area contributed by atoms with Crippen molar-refractivity contribution in [3.05, 3.63) is 54.9 Å². The Morgan fingerprint density at radius 2 is 1.95 bits per heavy atom. The molecule has 0 saturated carbocycles. The quantitative estimate of drug-likeness (QED) is 0.783. The van der Waals surface area contributed by atoms with Crippen LogP contribution in [0.5, 0.6) is 5.75 Å². The Morgan fingerprint density at radius 3 is 2.86 bits per heavy atom. The number of benzene rings is 2. The normalized spacial score (nSPS) is 13.1. The number of nitrogens with one attached hydrogen (secondary N) is 1. The minimum Gasteiger partial charge on any atom is -0.489 e. The first-order valence-electron chi connectivity index (χ1n) is 6.89. The molecule has 21 heavy (non-hydrogen) atoms. The molecule has 4 rings (SSSR count). The van der Waals surface area contributed by atoms with E-state index < -0.39 is 0 Å². The molecule has 1 aliphatic heterocycles. The average molecular weight is 278 g/mol. The Kier molecular flexibility index (Phi) is 2.81. The number of hydrogen-bond donors (Lipinski definition) is 1. The van der Waals surface area contributed by atoms with E-state index in [0.717, 1.165) is 35.1 Å². The molecule has 0 radical (unpaired) electrons. The minimum absolute atomic E-state index is 0.656. The fraction of sp³-hybridized carbons (Fsp3) is 0.125. The van der Waals surface area contributed by atoms with E-state index in [4.69, 9.17) is 4.74 Å². The molecule has 0 saturated heterocycles. The van der Waals surface area contributed by atoms with Gasteiger partial charge >= 0.3 is 0 Å². The number of nitrogens with zero attached hydrogens (tertiary/aromatic N) is 3. The van der Waals surface area contributed by atoms with Gasteiger partial charge in [-0.15, -0.1) is 10.2 Å². The number of para-hydroxylation sites is 2. The van der Waals surface area contributed by atoms with E-state index in [1.165, 1.54) is 0 Å². The van der Waals surface area contributed by atoms with E-state index in [9.17, 15) is 0 Å². The molecule has 0 unspecified atom stereocenters. The first kappa shape index (κ1) is 12.0. The van der Waals surface area contributed by atoms with Gasteiger partial charge in [-0.2, -0.15) is 0 Å². The van der Waals surface area contributed by atoms with Gasteiger partial charge in [0, 0.05) is 12.2 Å². The van der Waals surface area contributed by atoms with Crippen molar-refractivity contribution in [1.82, 2.24) is 14.8 Å². The first-order valence-corrected chi connectivity index (χ1v) is 6.89. The standard InChI is InChI=1S/C16H14N4O/c1-2-5-12(6-3-1)20-11-18-19-16(20)13-7-4-8-14-15(13)21-10-9-17-14/h1-8,11,17H,9-10H2. The Labute approximate surface area is 122 Å². The number of fused-ring (bicyclic) bond motifs is 1. The van der Waals surface area contributed by atoms with Gasteiger partial charge in [0.1, 0.15) is 12.9 Å². The van der Waals surface area contributed by atoms with Crippen molar-refractivity contribution in [3.8, 4) is 22.8 Å². The lowest BCUT2D eigenvalue weighted by Crippen LogP contribution is -2.18. The van der Waals surface area contributed by atoms with Crippen molar-refractivity contribution in [2.75, 3.05) is 18.5 Å². The van der Waals surface area contributed by atoms with Crippen LogP contribution in [0.3, 0.4) is 0 Å². The highest BCUT2D eigenvalue weighted by molar-refractivity contribution is 5.76. The molecular formula is C16H14N4O. The summed E-state index contributed by atoms with van der Waals surface area (Å²) in [4.78, 5) is 0. The number of anilines is 1. The molecule has 3 aromatic rings. The summed E-state index contributed by atoms with van der Waals surface area (Å²) in [6.45, 7) is 1.48. The van der Waals surface area contributed by atoms with Gasteiger partial charge in [-0.05, 0) is 24.3 Å². The van der Waals surface area contributed by atoms with Crippen molar-refractivity contribution in [2.24, 2.45) is 0 Å². The molecule has 0 aliphatic carbocycles. The van der Waals surface area contributed by atoms with Gasteiger partial charge in [0.25, 0.3) is 0 Å². The zero-order valence-electron chi connectivity index (χ0n) is 11.4. The zero-order valence-corrected chi connectivity index (χ0v) is 11.4. The van der Waals surface area contributed by atoms with Crippen molar-refractivity contribution in [2.45, 2.75) is 0 Å². The smallest absolute Gasteiger partial charge is 0.172 e. The lowest BCUT2D eigenvalue weighted by atomic mass is 10.1. The Hall–Kier alpha value is -2.82. The van der Waals surface area contributed by atoms with Gasteiger partial charge in [-0.1, -0.05) is 24.3 Å².